The molecule has 1 amide bonds. The fraction of sp³-hybridized carbons (Fsp3) is 0.700. The second kappa shape index (κ2) is 4.96. The minimum Gasteiger partial charge on any atom is -0.352 e. The van der Waals surface area contributed by atoms with E-state index in [0.29, 0.717) is 0 Å². The third-order valence-electron chi connectivity index (χ3n) is 2.36. The molecule has 0 aromatic heterocycles. The van der Waals surface area contributed by atoms with Gasteiger partial charge in [0.05, 0.1) is 0 Å². The predicted molar refractivity (Wildman–Crippen MR) is 49.8 cm³/mol. The Morgan fingerprint density at radius 2 is 2.17 bits per heavy atom. The van der Waals surface area contributed by atoms with E-state index < -0.39 is 0 Å². The second-order valence-electron chi connectivity index (χ2n) is 3.40. The van der Waals surface area contributed by atoms with Crippen molar-refractivity contribution in [3.05, 3.63) is 12.2 Å². The van der Waals surface area contributed by atoms with E-state index in [4.69, 9.17) is 0 Å². The maximum atomic E-state index is 11.0. The molecule has 1 N–H and O–H groups in total. The molecule has 1 rings (SSSR count). The molecule has 0 radical (unpaired) electrons. The second-order valence-corrected chi connectivity index (χ2v) is 3.40. The van der Waals surface area contributed by atoms with Gasteiger partial charge in [0.1, 0.15) is 0 Å². The summed E-state index contributed by atoms with van der Waals surface area (Å²) in [6, 6.07) is 0. The van der Waals surface area contributed by atoms with Gasteiger partial charge in [0.15, 0.2) is 0 Å². The fourth-order valence-electron chi connectivity index (χ4n) is 1.67. The molecule has 1 aliphatic rings. The van der Waals surface area contributed by atoms with Gasteiger partial charge in [-0.2, -0.15) is 0 Å². The molecule has 0 heterocycles. The van der Waals surface area contributed by atoms with E-state index in [1.807, 2.05) is 6.92 Å². The average Bonchev–Trinajstić information content (AvgIpc) is 2.53. The summed E-state index contributed by atoms with van der Waals surface area (Å²) in [6.45, 7) is 2.72. The van der Waals surface area contributed by atoms with Crippen molar-refractivity contribution in [2.45, 2.75) is 32.6 Å². The number of allylic oxidation sites excluding steroid dienone is 1. The summed E-state index contributed by atoms with van der Waals surface area (Å²) in [5, 5.41) is 2.90. The maximum Gasteiger partial charge on any atom is 0.243 e. The van der Waals surface area contributed by atoms with Crippen molar-refractivity contribution >= 4 is 5.91 Å². The summed E-state index contributed by atoms with van der Waals surface area (Å²) in [6.07, 6.45) is 8.60. The van der Waals surface area contributed by atoms with Crippen molar-refractivity contribution in [2.24, 2.45) is 5.92 Å². The van der Waals surface area contributed by atoms with Gasteiger partial charge in [-0.05, 0) is 31.8 Å². The molecular formula is C10H17NO. The van der Waals surface area contributed by atoms with Gasteiger partial charge in [0.2, 0.25) is 5.91 Å². The quantitative estimate of drug-likeness (QED) is 0.639. The third-order valence-corrected chi connectivity index (χ3v) is 2.36. The average molecular weight is 167 g/mol. The molecule has 1 saturated carbocycles. The number of hydrogen-bond acceptors (Lipinski definition) is 1. The van der Waals surface area contributed by atoms with Crippen LogP contribution in [0.15, 0.2) is 12.2 Å². The van der Waals surface area contributed by atoms with Gasteiger partial charge >= 0.3 is 0 Å². The lowest BCUT2D eigenvalue weighted by atomic mass is 10.1. The van der Waals surface area contributed by atoms with Crippen molar-refractivity contribution < 1.29 is 4.79 Å². The Labute approximate surface area is 74.0 Å². The summed E-state index contributed by atoms with van der Waals surface area (Å²) in [7, 11) is 0. The van der Waals surface area contributed by atoms with Gasteiger partial charge in [-0.1, -0.05) is 18.9 Å². The van der Waals surface area contributed by atoms with Crippen molar-refractivity contribution in [1.29, 1.82) is 0 Å². The Hall–Kier alpha value is -0.790. The molecular weight excluding hydrogens is 150 g/mol. The van der Waals surface area contributed by atoms with Crippen LogP contribution in [0.5, 0.6) is 0 Å². The molecule has 0 atom stereocenters. The first-order chi connectivity index (χ1) is 5.83. The van der Waals surface area contributed by atoms with Crippen LogP contribution in [0.4, 0.5) is 0 Å². The highest BCUT2D eigenvalue weighted by Crippen LogP contribution is 2.23. The molecule has 12 heavy (non-hydrogen) atoms. The van der Waals surface area contributed by atoms with Gasteiger partial charge in [0, 0.05) is 6.54 Å². The smallest absolute Gasteiger partial charge is 0.243 e. The lowest BCUT2D eigenvalue weighted by Crippen LogP contribution is -2.26. The lowest BCUT2D eigenvalue weighted by molar-refractivity contribution is -0.116. The van der Waals surface area contributed by atoms with E-state index in [1.54, 1.807) is 12.2 Å². The zero-order valence-electron chi connectivity index (χ0n) is 7.68. The standard InChI is InChI=1S/C10H17NO/c1-2-5-10(12)11-8-9-6-3-4-7-9/h2,5,9H,3-4,6-8H2,1H3,(H,11,12)/b5-2+. The van der Waals surface area contributed by atoms with Gasteiger partial charge < -0.3 is 5.32 Å². The summed E-state index contributed by atoms with van der Waals surface area (Å²) in [5.41, 5.74) is 0. The first kappa shape index (κ1) is 9.30. The van der Waals surface area contributed by atoms with E-state index >= 15 is 0 Å². The highest BCUT2D eigenvalue weighted by atomic mass is 16.1. The summed E-state index contributed by atoms with van der Waals surface area (Å²) >= 11 is 0. The van der Waals surface area contributed by atoms with Crippen LogP contribution in [-0.2, 0) is 4.79 Å². The Kier molecular flexibility index (Phi) is 3.85. The van der Waals surface area contributed by atoms with E-state index in [1.165, 1.54) is 25.7 Å². The van der Waals surface area contributed by atoms with Crippen molar-refractivity contribution in [2.75, 3.05) is 6.54 Å². The predicted octanol–water partition coefficient (Wildman–Crippen LogP) is 1.87. The minimum atomic E-state index is 0.0457. The third kappa shape index (κ3) is 3.07. The molecule has 0 unspecified atom stereocenters. The Bertz CT molecular complexity index is 169. The fourth-order valence-corrected chi connectivity index (χ4v) is 1.67. The zero-order chi connectivity index (χ0) is 8.81. The topological polar surface area (TPSA) is 29.1 Å². The number of carbonyl (C=O) groups is 1. The van der Waals surface area contributed by atoms with Crippen LogP contribution >= 0.6 is 0 Å². The van der Waals surface area contributed by atoms with Gasteiger partial charge in [0.25, 0.3) is 0 Å². The Morgan fingerprint density at radius 3 is 2.75 bits per heavy atom. The van der Waals surface area contributed by atoms with E-state index in [0.717, 1.165) is 12.5 Å². The number of rotatable bonds is 3. The molecule has 2 heteroatoms. The monoisotopic (exact) mass is 167 g/mol. The summed E-state index contributed by atoms with van der Waals surface area (Å²) < 4.78 is 0. The normalized spacial score (nSPS) is 18.8. The zero-order valence-corrected chi connectivity index (χ0v) is 7.68. The molecule has 0 spiro atoms. The number of amides is 1. The highest BCUT2D eigenvalue weighted by Gasteiger charge is 2.14. The highest BCUT2D eigenvalue weighted by molar-refractivity contribution is 5.87. The van der Waals surface area contributed by atoms with Crippen LogP contribution in [-0.4, -0.2) is 12.5 Å². The van der Waals surface area contributed by atoms with Gasteiger partial charge in [-0.15, -0.1) is 0 Å². The van der Waals surface area contributed by atoms with Gasteiger partial charge in [-0.3, -0.25) is 4.79 Å². The van der Waals surface area contributed by atoms with Crippen molar-refractivity contribution in [1.82, 2.24) is 5.32 Å². The Morgan fingerprint density at radius 1 is 1.50 bits per heavy atom. The Balaban J connectivity index is 2.11. The van der Waals surface area contributed by atoms with Crippen LogP contribution in [0, 0.1) is 5.92 Å². The van der Waals surface area contributed by atoms with Gasteiger partial charge in [-0.25, -0.2) is 0 Å². The molecule has 0 aliphatic heterocycles. The van der Waals surface area contributed by atoms with Crippen LogP contribution in [0.3, 0.4) is 0 Å². The van der Waals surface area contributed by atoms with Crippen molar-refractivity contribution in [3.8, 4) is 0 Å². The van der Waals surface area contributed by atoms with Crippen LogP contribution < -0.4 is 5.32 Å². The molecule has 68 valence electrons. The molecule has 1 aliphatic carbocycles. The summed E-state index contributed by atoms with van der Waals surface area (Å²) in [5.74, 6) is 0.781. The summed E-state index contributed by atoms with van der Waals surface area (Å²) in [4.78, 5) is 11.0. The molecule has 0 saturated heterocycles. The SMILES string of the molecule is C/C=C/C(=O)NCC1CCCC1. The molecule has 0 bridgehead atoms. The first-order valence-electron chi connectivity index (χ1n) is 4.73. The largest absolute Gasteiger partial charge is 0.352 e. The first-order valence-corrected chi connectivity index (χ1v) is 4.73. The van der Waals surface area contributed by atoms with Crippen molar-refractivity contribution in [3.63, 3.8) is 0 Å². The van der Waals surface area contributed by atoms with E-state index in [9.17, 15) is 4.79 Å². The van der Waals surface area contributed by atoms with E-state index in [2.05, 4.69) is 5.32 Å². The van der Waals surface area contributed by atoms with E-state index in [-0.39, 0.29) is 5.91 Å². The molecule has 2 nitrogen and oxygen atoms in total. The number of hydrogen-bond donors (Lipinski definition) is 1. The maximum absolute atomic E-state index is 11.0. The number of nitrogens with one attached hydrogen (secondary N) is 1. The molecule has 0 aromatic rings. The van der Waals surface area contributed by atoms with Crippen LogP contribution in [0.1, 0.15) is 32.6 Å². The molecule has 1 fully saturated rings. The minimum absolute atomic E-state index is 0.0457. The number of carbonyl (C=O) groups excluding carboxylic acids is 1. The lowest BCUT2D eigenvalue weighted by Gasteiger charge is -2.08. The molecule has 0 aromatic carbocycles. The van der Waals surface area contributed by atoms with Crippen LogP contribution in [0.25, 0.3) is 0 Å². The van der Waals surface area contributed by atoms with Crippen LogP contribution in [0.2, 0.25) is 0 Å².